The standard InChI is InChI=1S/C28H28N6O3/c1-4-33-18-29-27(32-33)31-25(35)21-16-23-22(17-24(21)37-3)30-26(34(23)5-2)28(36,19-12-8-6-9-13-19)20-14-10-7-11-15-20/h6-18,36H,4-5H2,1-3H3,(H,31,32,35). The van der Waals surface area contributed by atoms with E-state index in [1.54, 1.807) is 23.1 Å². The van der Waals surface area contributed by atoms with Gasteiger partial charge in [-0.05, 0) is 31.0 Å². The number of fused-ring (bicyclic) bond motifs is 1. The minimum atomic E-state index is -1.52. The molecular weight excluding hydrogens is 468 g/mol. The zero-order valence-electron chi connectivity index (χ0n) is 20.9. The van der Waals surface area contributed by atoms with Crippen LogP contribution in [0.2, 0.25) is 0 Å². The lowest BCUT2D eigenvalue weighted by Crippen LogP contribution is -2.32. The van der Waals surface area contributed by atoms with Crippen molar-refractivity contribution in [3.8, 4) is 5.75 Å². The van der Waals surface area contributed by atoms with Gasteiger partial charge in [-0.25, -0.2) is 9.97 Å². The molecule has 9 heteroatoms. The van der Waals surface area contributed by atoms with Crippen molar-refractivity contribution in [2.75, 3.05) is 12.4 Å². The van der Waals surface area contributed by atoms with E-state index in [1.807, 2.05) is 79.1 Å². The van der Waals surface area contributed by atoms with Gasteiger partial charge in [-0.3, -0.25) is 14.8 Å². The highest BCUT2D eigenvalue weighted by Gasteiger charge is 2.39. The van der Waals surface area contributed by atoms with Crippen molar-refractivity contribution in [3.63, 3.8) is 0 Å². The highest BCUT2D eigenvalue weighted by molar-refractivity contribution is 6.07. The molecule has 2 aromatic heterocycles. The van der Waals surface area contributed by atoms with Gasteiger partial charge in [-0.1, -0.05) is 60.7 Å². The molecule has 9 nitrogen and oxygen atoms in total. The molecule has 188 valence electrons. The van der Waals surface area contributed by atoms with Crippen molar-refractivity contribution in [2.24, 2.45) is 0 Å². The molecule has 0 saturated carbocycles. The van der Waals surface area contributed by atoms with Crippen molar-refractivity contribution >= 4 is 22.9 Å². The van der Waals surface area contributed by atoms with E-state index in [9.17, 15) is 9.90 Å². The number of hydrogen-bond acceptors (Lipinski definition) is 6. The molecule has 37 heavy (non-hydrogen) atoms. The summed E-state index contributed by atoms with van der Waals surface area (Å²) in [6.45, 7) is 5.07. The number of aromatic nitrogens is 5. The predicted octanol–water partition coefficient (Wildman–Crippen LogP) is 4.21. The number of anilines is 1. The lowest BCUT2D eigenvalue weighted by molar-refractivity contribution is 0.102. The Kier molecular flexibility index (Phi) is 6.45. The highest BCUT2D eigenvalue weighted by atomic mass is 16.5. The Balaban J connectivity index is 1.68. The molecule has 0 aliphatic heterocycles. The first-order chi connectivity index (χ1) is 18.0. The fourth-order valence-corrected chi connectivity index (χ4v) is 4.55. The molecule has 2 heterocycles. The summed E-state index contributed by atoms with van der Waals surface area (Å²) in [5.41, 5.74) is 1.46. The molecule has 5 aromatic rings. The molecular formula is C28H28N6O3. The number of rotatable bonds is 8. The van der Waals surface area contributed by atoms with Crippen LogP contribution in [-0.4, -0.2) is 42.4 Å². The number of carbonyl (C=O) groups excluding carboxylic acids is 1. The summed E-state index contributed by atoms with van der Waals surface area (Å²) in [4.78, 5) is 22.2. The van der Waals surface area contributed by atoms with Crippen LogP contribution in [0.5, 0.6) is 5.75 Å². The van der Waals surface area contributed by atoms with Gasteiger partial charge in [0.1, 0.15) is 12.1 Å². The van der Waals surface area contributed by atoms with Crippen LogP contribution in [0.15, 0.2) is 79.1 Å². The number of carbonyl (C=O) groups is 1. The summed E-state index contributed by atoms with van der Waals surface area (Å²) < 4.78 is 9.11. The fraction of sp³-hybridized carbons (Fsp3) is 0.214. The SMILES string of the molecule is CCn1cnc(NC(=O)c2cc3c(cc2OC)nc(C(O)(c2ccccc2)c2ccccc2)n3CC)n1. The smallest absolute Gasteiger partial charge is 0.261 e. The molecule has 0 aliphatic carbocycles. The van der Waals surface area contributed by atoms with E-state index in [-0.39, 0.29) is 5.95 Å². The first-order valence-corrected chi connectivity index (χ1v) is 12.1. The molecule has 3 aromatic carbocycles. The van der Waals surface area contributed by atoms with Gasteiger partial charge in [0.25, 0.3) is 5.91 Å². The van der Waals surface area contributed by atoms with Crippen LogP contribution in [0.25, 0.3) is 11.0 Å². The third-order valence-corrected chi connectivity index (χ3v) is 6.42. The molecule has 0 spiro atoms. The van der Waals surface area contributed by atoms with Crippen molar-refractivity contribution < 1.29 is 14.6 Å². The van der Waals surface area contributed by atoms with Crippen molar-refractivity contribution in [1.29, 1.82) is 0 Å². The molecule has 2 N–H and O–H groups in total. The van der Waals surface area contributed by atoms with Crippen LogP contribution in [-0.2, 0) is 18.7 Å². The van der Waals surface area contributed by atoms with Crippen LogP contribution in [0.3, 0.4) is 0 Å². The monoisotopic (exact) mass is 496 g/mol. The zero-order valence-corrected chi connectivity index (χ0v) is 20.9. The number of amides is 1. The minimum Gasteiger partial charge on any atom is -0.496 e. The average Bonchev–Trinajstić information content (AvgIpc) is 3.56. The third kappa shape index (κ3) is 4.23. The minimum absolute atomic E-state index is 0.209. The van der Waals surface area contributed by atoms with Crippen molar-refractivity contribution in [3.05, 3.63) is 102 Å². The molecule has 0 unspecified atom stereocenters. The van der Waals surface area contributed by atoms with Gasteiger partial charge < -0.3 is 14.4 Å². The Morgan fingerprint density at radius 2 is 1.65 bits per heavy atom. The van der Waals surface area contributed by atoms with Crippen molar-refractivity contribution in [2.45, 2.75) is 32.5 Å². The van der Waals surface area contributed by atoms with Gasteiger partial charge in [0.2, 0.25) is 5.95 Å². The lowest BCUT2D eigenvalue weighted by Gasteiger charge is -2.29. The van der Waals surface area contributed by atoms with Gasteiger partial charge in [-0.15, -0.1) is 5.10 Å². The Hall–Kier alpha value is -4.50. The normalized spacial score (nSPS) is 11.6. The summed E-state index contributed by atoms with van der Waals surface area (Å²) in [5.74, 6) is 0.612. The quantitative estimate of drug-likeness (QED) is 0.333. The molecule has 0 aliphatic rings. The van der Waals surface area contributed by atoms with Crippen LogP contribution in [0.1, 0.15) is 41.2 Å². The Labute approximate surface area is 214 Å². The van der Waals surface area contributed by atoms with Crippen LogP contribution in [0, 0.1) is 0 Å². The molecule has 0 bridgehead atoms. The topological polar surface area (TPSA) is 107 Å². The van der Waals surface area contributed by atoms with E-state index >= 15 is 0 Å². The number of methoxy groups -OCH3 is 1. The fourth-order valence-electron chi connectivity index (χ4n) is 4.55. The molecule has 0 radical (unpaired) electrons. The number of benzene rings is 3. The summed E-state index contributed by atoms with van der Waals surface area (Å²) in [6, 6.07) is 22.4. The maximum atomic E-state index is 13.2. The number of nitrogens with one attached hydrogen (secondary N) is 1. The van der Waals surface area contributed by atoms with E-state index in [1.165, 1.54) is 7.11 Å². The number of hydrogen-bond donors (Lipinski definition) is 2. The van der Waals surface area contributed by atoms with Gasteiger partial charge in [0.15, 0.2) is 11.4 Å². The Bertz CT molecular complexity index is 1500. The molecule has 5 rings (SSSR count). The van der Waals surface area contributed by atoms with E-state index in [0.29, 0.717) is 52.4 Å². The van der Waals surface area contributed by atoms with Gasteiger partial charge in [0, 0.05) is 19.2 Å². The van der Waals surface area contributed by atoms with E-state index in [4.69, 9.17) is 9.72 Å². The van der Waals surface area contributed by atoms with Crippen LogP contribution >= 0.6 is 0 Å². The van der Waals surface area contributed by atoms with Crippen molar-refractivity contribution in [1.82, 2.24) is 24.3 Å². The molecule has 1 amide bonds. The second-order valence-corrected chi connectivity index (χ2v) is 8.54. The maximum absolute atomic E-state index is 13.2. The van der Waals surface area contributed by atoms with Crippen LogP contribution in [0.4, 0.5) is 5.95 Å². The van der Waals surface area contributed by atoms with Gasteiger partial charge in [-0.2, -0.15) is 0 Å². The third-order valence-electron chi connectivity index (χ3n) is 6.42. The second kappa shape index (κ2) is 9.87. The highest BCUT2D eigenvalue weighted by Crippen LogP contribution is 2.38. The van der Waals surface area contributed by atoms with Gasteiger partial charge >= 0.3 is 0 Å². The van der Waals surface area contributed by atoms with Crippen LogP contribution < -0.4 is 10.1 Å². The lowest BCUT2D eigenvalue weighted by atomic mass is 9.85. The Morgan fingerprint density at radius 1 is 1.00 bits per heavy atom. The average molecular weight is 497 g/mol. The number of aliphatic hydroxyl groups is 1. The number of ether oxygens (including phenoxy) is 1. The number of nitrogens with zero attached hydrogens (tertiary/aromatic N) is 5. The summed E-state index contributed by atoms with van der Waals surface area (Å²) in [5, 5.41) is 19.3. The largest absolute Gasteiger partial charge is 0.496 e. The Morgan fingerprint density at radius 3 is 2.19 bits per heavy atom. The predicted molar refractivity (Wildman–Crippen MR) is 141 cm³/mol. The van der Waals surface area contributed by atoms with E-state index < -0.39 is 11.5 Å². The number of aryl methyl sites for hydroxylation is 2. The molecule has 0 atom stereocenters. The number of imidazole rings is 1. The first-order valence-electron chi connectivity index (χ1n) is 12.1. The molecule has 0 saturated heterocycles. The summed E-state index contributed by atoms with van der Waals surface area (Å²) in [7, 11) is 1.50. The summed E-state index contributed by atoms with van der Waals surface area (Å²) in [6.07, 6.45) is 1.56. The second-order valence-electron chi connectivity index (χ2n) is 8.54. The first kappa shape index (κ1) is 24.2. The molecule has 0 fully saturated rings. The van der Waals surface area contributed by atoms with E-state index in [0.717, 1.165) is 0 Å². The zero-order chi connectivity index (χ0) is 26.0. The van der Waals surface area contributed by atoms with E-state index in [2.05, 4.69) is 15.4 Å². The summed E-state index contributed by atoms with van der Waals surface area (Å²) >= 11 is 0. The maximum Gasteiger partial charge on any atom is 0.261 e. The van der Waals surface area contributed by atoms with Gasteiger partial charge in [0.05, 0.1) is 23.7 Å².